The van der Waals surface area contributed by atoms with Crippen LogP contribution in [0.1, 0.15) is 0 Å². The van der Waals surface area contributed by atoms with Crippen LogP contribution in [0.2, 0.25) is 0 Å². The minimum atomic E-state index is -0.290. The van der Waals surface area contributed by atoms with Crippen LogP contribution in [-0.4, -0.2) is 18.0 Å². The van der Waals surface area contributed by atoms with Crippen LogP contribution >= 0.6 is 0 Å². The zero-order valence-corrected chi connectivity index (χ0v) is 7.40. The van der Waals surface area contributed by atoms with E-state index in [0.717, 1.165) is 5.56 Å². The summed E-state index contributed by atoms with van der Waals surface area (Å²) in [4.78, 5) is 10.9. The van der Waals surface area contributed by atoms with Crippen molar-refractivity contribution in [2.75, 3.05) is 0 Å². The number of hydrogen-bond acceptors (Lipinski definition) is 2. The topological polar surface area (TPSA) is 45.8 Å². The van der Waals surface area contributed by atoms with Crippen molar-refractivity contribution in [2.24, 2.45) is 0 Å². The number of hydrogen-bond donors (Lipinski definition) is 1. The van der Waals surface area contributed by atoms with E-state index in [-0.39, 0.29) is 5.56 Å². The fourth-order valence-electron chi connectivity index (χ4n) is 1.24. The molecule has 66 valence electrons. The molecule has 0 fully saturated rings. The molecule has 2 aromatic rings. The molecule has 0 amide bonds. The molecule has 0 saturated heterocycles. The summed E-state index contributed by atoms with van der Waals surface area (Å²) in [6.45, 7) is 0. The van der Waals surface area contributed by atoms with Gasteiger partial charge in [-0.05, 0) is 6.07 Å². The van der Waals surface area contributed by atoms with E-state index in [2.05, 4.69) is 10.2 Å². The summed E-state index contributed by atoms with van der Waals surface area (Å²) in [5, 5.41) is 6.24. The Balaban J connectivity index is 2.58. The number of benzene rings is 1. The predicted octanol–water partition coefficient (Wildman–Crippen LogP) is 0.231. The third kappa shape index (κ3) is 1.59. The third-order valence-electron chi connectivity index (χ3n) is 1.89. The number of rotatable bonds is 1. The second-order valence-corrected chi connectivity index (χ2v) is 2.90. The van der Waals surface area contributed by atoms with Crippen LogP contribution in [0.5, 0.6) is 0 Å². The van der Waals surface area contributed by atoms with Gasteiger partial charge in [0.1, 0.15) is 7.85 Å². The van der Waals surface area contributed by atoms with Gasteiger partial charge in [-0.25, -0.2) is 5.10 Å². The largest absolute Gasteiger partial charge is 0.268 e. The highest BCUT2D eigenvalue weighted by Gasteiger charge is 2.02. The maximum absolute atomic E-state index is 10.9. The molecule has 3 nitrogen and oxygen atoms in total. The molecule has 0 aliphatic heterocycles. The van der Waals surface area contributed by atoms with Gasteiger partial charge in [0.15, 0.2) is 0 Å². The van der Waals surface area contributed by atoms with E-state index < -0.39 is 0 Å². The monoisotopic (exact) mass is 182 g/mol. The summed E-state index contributed by atoms with van der Waals surface area (Å²) < 4.78 is 0. The summed E-state index contributed by atoms with van der Waals surface area (Å²) >= 11 is 0. The second kappa shape index (κ2) is 3.50. The SMILES string of the molecule is [B]c1cc(=O)[nH]nc1-c1ccccc1. The minimum Gasteiger partial charge on any atom is -0.268 e. The predicted molar refractivity (Wildman–Crippen MR) is 55.7 cm³/mol. The summed E-state index contributed by atoms with van der Waals surface area (Å²) in [5.41, 5.74) is 1.59. The van der Waals surface area contributed by atoms with Crippen LogP contribution in [0.3, 0.4) is 0 Å². The smallest absolute Gasteiger partial charge is 0.263 e. The van der Waals surface area contributed by atoms with E-state index in [0.29, 0.717) is 11.2 Å². The zero-order valence-electron chi connectivity index (χ0n) is 7.40. The Morgan fingerprint density at radius 2 is 1.93 bits per heavy atom. The van der Waals surface area contributed by atoms with Crippen molar-refractivity contribution in [3.8, 4) is 11.3 Å². The van der Waals surface area contributed by atoms with E-state index >= 15 is 0 Å². The van der Waals surface area contributed by atoms with Gasteiger partial charge < -0.3 is 0 Å². The Morgan fingerprint density at radius 3 is 2.57 bits per heavy atom. The van der Waals surface area contributed by atoms with Crippen molar-refractivity contribution >= 4 is 13.3 Å². The first-order valence-corrected chi connectivity index (χ1v) is 4.18. The number of aromatic amines is 1. The molecule has 0 aliphatic rings. The first-order valence-electron chi connectivity index (χ1n) is 4.18. The van der Waals surface area contributed by atoms with Crippen LogP contribution in [0.4, 0.5) is 0 Å². The van der Waals surface area contributed by atoms with E-state index in [9.17, 15) is 4.79 Å². The molecule has 1 aromatic heterocycles. The molecular weight excluding hydrogens is 175 g/mol. The van der Waals surface area contributed by atoms with Crippen LogP contribution in [0.15, 0.2) is 41.2 Å². The quantitative estimate of drug-likeness (QED) is 0.641. The number of nitrogens with one attached hydrogen (secondary N) is 1. The van der Waals surface area contributed by atoms with Crippen LogP contribution in [-0.2, 0) is 0 Å². The van der Waals surface area contributed by atoms with Gasteiger partial charge in [-0.3, -0.25) is 4.79 Å². The molecule has 2 rings (SSSR count). The van der Waals surface area contributed by atoms with Gasteiger partial charge in [0.2, 0.25) is 0 Å². The van der Waals surface area contributed by atoms with Crippen LogP contribution in [0, 0.1) is 0 Å². The number of nitrogens with zero attached hydrogens (tertiary/aromatic N) is 1. The van der Waals surface area contributed by atoms with Crippen molar-refractivity contribution in [1.82, 2.24) is 10.2 Å². The number of aromatic nitrogens is 2. The first kappa shape index (κ1) is 8.75. The Morgan fingerprint density at radius 1 is 1.21 bits per heavy atom. The van der Waals surface area contributed by atoms with Gasteiger partial charge in [-0.1, -0.05) is 35.8 Å². The standard InChI is InChI=1S/C10H7BN2O/c11-8-6-9(14)12-13-10(8)7-4-2-1-3-5-7/h1-6H,(H,12,14). The van der Waals surface area contributed by atoms with Gasteiger partial charge >= 0.3 is 0 Å². The maximum atomic E-state index is 10.9. The molecule has 0 unspecified atom stereocenters. The molecule has 0 spiro atoms. The summed E-state index contributed by atoms with van der Waals surface area (Å²) in [7, 11) is 5.67. The van der Waals surface area contributed by atoms with Gasteiger partial charge in [-0.2, -0.15) is 5.10 Å². The van der Waals surface area contributed by atoms with Crippen molar-refractivity contribution in [3.63, 3.8) is 0 Å². The lowest BCUT2D eigenvalue weighted by Crippen LogP contribution is -2.19. The van der Waals surface area contributed by atoms with Gasteiger partial charge in [0, 0.05) is 5.56 Å². The van der Waals surface area contributed by atoms with Crippen molar-refractivity contribution in [1.29, 1.82) is 0 Å². The molecule has 0 saturated carbocycles. The van der Waals surface area contributed by atoms with Crippen LogP contribution < -0.4 is 11.0 Å². The van der Waals surface area contributed by atoms with Crippen LogP contribution in [0.25, 0.3) is 11.3 Å². The summed E-state index contributed by atoms with van der Waals surface area (Å²) in [6, 6.07) is 10.8. The molecule has 14 heavy (non-hydrogen) atoms. The Labute approximate surface area is 82.2 Å². The van der Waals surface area contributed by atoms with E-state index in [4.69, 9.17) is 7.85 Å². The molecular formula is C10H7BN2O. The molecule has 2 radical (unpaired) electrons. The van der Waals surface area contributed by atoms with E-state index in [1.54, 1.807) is 0 Å². The maximum Gasteiger partial charge on any atom is 0.263 e. The number of H-pyrrole nitrogens is 1. The lowest BCUT2D eigenvalue weighted by Gasteiger charge is -2.02. The highest BCUT2D eigenvalue weighted by molar-refractivity contribution is 6.35. The van der Waals surface area contributed by atoms with Gasteiger partial charge in [-0.15, -0.1) is 0 Å². The second-order valence-electron chi connectivity index (χ2n) is 2.90. The van der Waals surface area contributed by atoms with Crippen molar-refractivity contribution < 1.29 is 0 Å². The summed E-state index contributed by atoms with van der Waals surface area (Å²) in [5.74, 6) is 0. The molecule has 0 atom stereocenters. The molecule has 1 N–H and O–H groups in total. The van der Waals surface area contributed by atoms with Gasteiger partial charge in [0.05, 0.1) is 5.69 Å². The van der Waals surface area contributed by atoms with Crippen molar-refractivity contribution in [2.45, 2.75) is 0 Å². The van der Waals surface area contributed by atoms with E-state index in [1.807, 2.05) is 30.3 Å². The fourth-order valence-corrected chi connectivity index (χ4v) is 1.24. The fraction of sp³-hybridized carbons (Fsp3) is 0. The van der Waals surface area contributed by atoms with Crippen molar-refractivity contribution in [3.05, 3.63) is 46.8 Å². The molecule has 4 heteroatoms. The highest BCUT2D eigenvalue weighted by atomic mass is 16.1. The van der Waals surface area contributed by atoms with Gasteiger partial charge in [0.25, 0.3) is 5.56 Å². The Hall–Kier alpha value is -1.84. The lowest BCUT2D eigenvalue weighted by atomic mass is 9.92. The Kier molecular flexibility index (Phi) is 2.19. The minimum absolute atomic E-state index is 0.290. The summed E-state index contributed by atoms with van der Waals surface area (Å²) in [6.07, 6.45) is 0. The zero-order chi connectivity index (χ0) is 9.97. The molecule has 0 bridgehead atoms. The highest BCUT2D eigenvalue weighted by Crippen LogP contribution is 2.11. The first-order chi connectivity index (χ1) is 6.77. The normalized spacial score (nSPS) is 10.0. The lowest BCUT2D eigenvalue weighted by molar-refractivity contribution is 1.00. The van der Waals surface area contributed by atoms with E-state index in [1.165, 1.54) is 6.07 Å². The molecule has 1 heterocycles. The third-order valence-corrected chi connectivity index (χ3v) is 1.89. The molecule has 0 aliphatic carbocycles. The molecule has 1 aromatic carbocycles. The Bertz CT molecular complexity index is 493. The average molecular weight is 182 g/mol. The average Bonchev–Trinajstić information content (AvgIpc) is 2.19.